The summed E-state index contributed by atoms with van der Waals surface area (Å²) in [6, 6.07) is 0.291. The molecule has 0 saturated heterocycles. The second-order valence-electron chi connectivity index (χ2n) is 5.18. The van der Waals surface area contributed by atoms with Crippen LogP contribution in [0.15, 0.2) is 0 Å². The summed E-state index contributed by atoms with van der Waals surface area (Å²) < 4.78 is 5.27. The molecule has 3 nitrogen and oxygen atoms in total. The lowest BCUT2D eigenvalue weighted by atomic mass is 10.2. The number of hydrogen-bond donors (Lipinski definition) is 1. The van der Waals surface area contributed by atoms with Crippen molar-refractivity contribution in [1.29, 1.82) is 0 Å². The highest BCUT2D eigenvalue weighted by atomic mass is 32.2. The Morgan fingerprint density at radius 2 is 2.12 bits per heavy atom. The molecule has 0 aromatic rings. The van der Waals surface area contributed by atoms with Gasteiger partial charge < -0.3 is 10.1 Å². The highest BCUT2D eigenvalue weighted by Crippen LogP contribution is 2.30. The lowest BCUT2D eigenvalue weighted by Crippen LogP contribution is -2.41. The van der Waals surface area contributed by atoms with E-state index in [0.29, 0.717) is 11.3 Å². The van der Waals surface area contributed by atoms with Gasteiger partial charge in [0.25, 0.3) is 0 Å². The fourth-order valence-corrected chi connectivity index (χ4v) is 3.16. The third kappa shape index (κ3) is 4.64. The van der Waals surface area contributed by atoms with Gasteiger partial charge in [0.1, 0.15) is 5.60 Å². The highest BCUT2D eigenvalue weighted by Gasteiger charge is 2.29. The normalized spacial score (nSPS) is 25.5. The summed E-state index contributed by atoms with van der Waals surface area (Å²) in [6.45, 7) is 7.83. The van der Waals surface area contributed by atoms with E-state index in [1.807, 2.05) is 32.5 Å². The molecule has 4 heteroatoms. The molecule has 2 unspecified atom stereocenters. The van der Waals surface area contributed by atoms with Crippen molar-refractivity contribution in [2.24, 2.45) is 0 Å². The van der Waals surface area contributed by atoms with Crippen molar-refractivity contribution in [3.63, 3.8) is 0 Å². The zero-order valence-corrected chi connectivity index (χ0v) is 11.5. The number of alkyl carbamates (subject to hydrolysis) is 1. The van der Waals surface area contributed by atoms with Crippen LogP contribution in [0.3, 0.4) is 0 Å². The fraction of sp³-hybridized carbons (Fsp3) is 0.917. The second kappa shape index (κ2) is 5.80. The van der Waals surface area contributed by atoms with E-state index in [1.165, 1.54) is 12.8 Å². The van der Waals surface area contributed by atoms with Crippen molar-refractivity contribution >= 4 is 17.9 Å². The van der Waals surface area contributed by atoms with Gasteiger partial charge in [-0.15, -0.1) is 0 Å². The Balaban J connectivity index is 2.38. The monoisotopic (exact) mass is 245 g/mol. The van der Waals surface area contributed by atoms with E-state index >= 15 is 0 Å². The zero-order valence-electron chi connectivity index (χ0n) is 10.7. The third-order valence-electron chi connectivity index (χ3n) is 2.54. The van der Waals surface area contributed by atoms with E-state index < -0.39 is 5.60 Å². The minimum atomic E-state index is -0.407. The van der Waals surface area contributed by atoms with Crippen LogP contribution in [0.1, 0.15) is 47.0 Å². The summed E-state index contributed by atoms with van der Waals surface area (Å²) in [6.07, 6.45) is 3.22. The number of nitrogens with one attached hydrogen (secondary N) is 1. The average molecular weight is 245 g/mol. The van der Waals surface area contributed by atoms with Gasteiger partial charge in [-0.05, 0) is 39.4 Å². The molecule has 1 saturated carbocycles. The van der Waals surface area contributed by atoms with Crippen LogP contribution < -0.4 is 5.32 Å². The molecule has 16 heavy (non-hydrogen) atoms. The van der Waals surface area contributed by atoms with Gasteiger partial charge in [-0.3, -0.25) is 0 Å². The molecule has 1 fully saturated rings. The van der Waals surface area contributed by atoms with Crippen molar-refractivity contribution < 1.29 is 9.53 Å². The molecule has 0 radical (unpaired) electrons. The number of carbonyl (C=O) groups is 1. The maximum Gasteiger partial charge on any atom is 0.407 e. The molecule has 0 aromatic carbocycles. The number of hydrogen-bond acceptors (Lipinski definition) is 3. The molecular weight excluding hydrogens is 222 g/mol. The van der Waals surface area contributed by atoms with Crippen LogP contribution in [-0.4, -0.2) is 28.7 Å². The first kappa shape index (κ1) is 13.7. The second-order valence-corrected chi connectivity index (χ2v) is 6.69. The number of thioether (sulfide) groups is 1. The van der Waals surface area contributed by atoms with Crippen LogP contribution in [-0.2, 0) is 4.74 Å². The van der Waals surface area contributed by atoms with Gasteiger partial charge in [-0.25, -0.2) is 4.79 Å². The van der Waals surface area contributed by atoms with Crippen LogP contribution in [0.5, 0.6) is 0 Å². The molecule has 1 rings (SSSR count). The van der Waals surface area contributed by atoms with Crippen molar-refractivity contribution in [2.75, 3.05) is 5.75 Å². The lowest BCUT2D eigenvalue weighted by molar-refractivity contribution is 0.0506. The first-order valence-electron chi connectivity index (χ1n) is 6.03. The topological polar surface area (TPSA) is 38.3 Å². The Morgan fingerprint density at radius 1 is 1.44 bits per heavy atom. The SMILES string of the molecule is CCSC1CCCC1NC(=O)OC(C)(C)C. The molecular formula is C12H23NO2S. The van der Waals surface area contributed by atoms with E-state index in [2.05, 4.69) is 12.2 Å². The van der Waals surface area contributed by atoms with Gasteiger partial charge in [0.15, 0.2) is 0 Å². The predicted molar refractivity (Wildman–Crippen MR) is 68.9 cm³/mol. The number of ether oxygens (including phenoxy) is 1. The van der Waals surface area contributed by atoms with Crippen molar-refractivity contribution in [3.8, 4) is 0 Å². The Hall–Kier alpha value is -0.380. The molecule has 0 aliphatic heterocycles. The summed E-state index contributed by atoms with van der Waals surface area (Å²) in [5, 5.41) is 3.56. The summed E-state index contributed by atoms with van der Waals surface area (Å²) in [4.78, 5) is 11.6. The molecule has 1 aliphatic rings. The van der Waals surface area contributed by atoms with E-state index in [4.69, 9.17) is 4.74 Å². The maximum absolute atomic E-state index is 11.6. The van der Waals surface area contributed by atoms with E-state index in [9.17, 15) is 4.79 Å². The third-order valence-corrected chi connectivity index (χ3v) is 3.86. The number of amides is 1. The Bertz CT molecular complexity index is 238. The summed E-state index contributed by atoms with van der Waals surface area (Å²) in [5.41, 5.74) is -0.407. The van der Waals surface area contributed by atoms with Gasteiger partial charge in [0.05, 0.1) is 0 Å². The van der Waals surface area contributed by atoms with E-state index in [-0.39, 0.29) is 6.09 Å². The fourth-order valence-electron chi connectivity index (χ4n) is 1.96. The largest absolute Gasteiger partial charge is 0.444 e. The van der Waals surface area contributed by atoms with Crippen molar-refractivity contribution in [3.05, 3.63) is 0 Å². The van der Waals surface area contributed by atoms with Gasteiger partial charge >= 0.3 is 6.09 Å². The summed E-state index contributed by atoms with van der Waals surface area (Å²) >= 11 is 1.94. The first-order chi connectivity index (χ1) is 7.42. The van der Waals surface area contributed by atoms with Gasteiger partial charge in [0, 0.05) is 11.3 Å². The van der Waals surface area contributed by atoms with Crippen LogP contribution in [0.2, 0.25) is 0 Å². The molecule has 0 heterocycles. The van der Waals surface area contributed by atoms with E-state index in [1.54, 1.807) is 0 Å². The molecule has 0 spiro atoms. The Labute approximate surface area is 103 Å². The minimum absolute atomic E-state index is 0.277. The maximum atomic E-state index is 11.6. The molecule has 1 N–H and O–H groups in total. The van der Waals surface area contributed by atoms with Gasteiger partial charge in [-0.1, -0.05) is 13.3 Å². The Morgan fingerprint density at radius 3 is 2.69 bits per heavy atom. The van der Waals surface area contributed by atoms with E-state index in [0.717, 1.165) is 12.2 Å². The molecule has 1 amide bonds. The quantitative estimate of drug-likeness (QED) is 0.830. The van der Waals surface area contributed by atoms with Crippen LogP contribution in [0, 0.1) is 0 Å². The minimum Gasteiger partial charge on any atom is -0.444 e. The van der Waals surface area contributed by atoms with Crippen molar-refractivity contribution in [2.45, 2.75) is 63.9 Å². The summed E-state index contributed by atoms with van der Waals surface area (Å²) in [5.74, 6) is 1.11. The lowest BCUT2D eigenvalue weighted by Gasteiger charge is -2.24. The predicted octanol–water partition coefficient (Wildman–Crippen LogP) is 3.19. The molecule has 2 atom stereocenters. The molecule has 0 aromatic heterocycles. The molecule has 1 aliphatic carbocycles. The molecule has 94 valence electrons. The van der Waals surface area contributed by atoms with Gasteiger partial charge in [-0.2, -0.15) is 11.8 Å². The first-order valence-corrected chi connectivity index (χ1v) is 7.08. The zero-order chi connectivity index (χ0) is 12.2. The molecule has 0 bridgehead atoms. The van der Waals surface area contributed by atoms with Crippen LogP contribution in [0.4, 0.5) is 4.79 Å². The Kier molecular flexibility index (Phi) is 4.96. The van der Waals surface area contributed by atoms with Gasteiger partial charge in [0.2, 0.25) is 0 Å². The standard InChI is InChI=1S/C12H23NO2S/c1-5-16-10-8-6-7-9(10)13-11(14)15-12(2,3)4/h9-10H,5-8H2,1-4H3,(H,13,14). The van der Waals surface area contributed by atoms with Crippen molar-refractivity contribution in [1.82, 2.24) is 5.32 Å². The summed E-state index contributed by atoms with van der Waals surface area (Å²) in [7, 11) is 0. The van der Waals surface area contributed by atoms with Crippen LogP contribution >= 0.6 is 11.8 Å². The smallest absolute Gasteiger partial charge is 0.407 e. The van der Waals surface area contributed by atoms with Crippen LogP contribution in [0.25, 0.3) is 0 Å². The number of carbonyl (C=O) groups excluding carboxylic acids is 1. The average Bonchev–Trinajstić information content (AvgIpc) is 2.50. The highest BCUT2D eigenvalue weighted by molar-refractivity contribution is 7.99. The number of rotatable bonds is 3.